The van der Waals surface area contributed by atoms with Crippen LogP contribution in [0, 0.1) is 0 Å². The fourth-order valence-corrected chi connectivity index (χ4v) is 0.890. The summed E-state index contributed by atoms with van der Waals surface area (Å²) in [6.07, 6.45) is 1.84. The van der Waals surface area contributed by atoms with E-state index in [0.717, 1.165) is 13.1 Å². The highest BCUT2D eigenvalue weighted by molar-refractivity contribution is 14.1. The molecule has 0 aliphatic carbocycles. The van der Waals surface area contributed by atoms with Crippen molar-refractivity contribution in [3.05, 3.63) is 0 Å². The van der Waals surface area contributed by atoms with Crippen molar-refractivity contribution in [3.63, 3.8) is 0 Å². The fourth-order valence-electron chi connectivity index (χ4n) is 0.509. The fraction of sp³-hybridized carbons (Fsp3) is 1.00. The van der Waals surface area contributed by atoms with Crippen molar-refractivity contribution in [2.45, 2.75) is 12.8 Å². The average Bonchev–Trinajstić information content (AvgIpc) is 1.89. The summed E-state index contributed by atoms with van der Waals surface area (Å²) >= 11 is 2.33. The Balaban J connectivity index is 2.60. The minimum absolute atomic E-state index is 0.197. The van der Waals surface area contributed by atoms with Crippen molar-refractivity contribution < 1.29 is 4.39 Å². The highest BCUT2D eigenvalue weighted by atomic mass is 127. The second kappa shape index (κ2) is 8.62. The third kappa shape index (κ3) is 8.62. The highest BCUT2D eigenvalue weighted by Crippen LogP contribution is 1.85. The first-order valence-electron chi connectivity index (χ1n) is 3.24. The molecule has 0 aliphatic rings. The van der Waals surface area contributed by atoms with Crippen LogP contribution in [0.15, 0.2) is 0 Å². The van der Waals surface area contributed by atoms with Crippen LogP contribution < -0.4 is 5.32 Å². The maximum Gasteiger partial charge on any atom is 0.0906 e. The summed E-state index contributed by atoms with van der Waals surface area (Å²) in [6.45, 7) is 1.66. The van der Waals surface area contributed by atoms with Gasteiger partial charge in [-0.3, -0.25) is 4.39 Å². The van der Waals surface area contributed by atoms with E-state index in [-0.39, 0.29) is 6.67 Å². The number of halogens is 2. The first-order valence-corrected chi connectivity index (χ1v) is 4.77. The van der Waals surface area contributed by atoms with Crippen LogP contribution in [-0.2, 0) is 0 Å². The lowest BCUT2D eigenvalue weighted by atomic mass is 10.4. The second-order valence-corrected chi connectivity index (χ2v) is 2.91. The first kappa shape index (κ1) is 9.62. The van der Waals surface area contributed by atoms with Crippen molar-refractivity contribution >= 4 is 22.6 Å². The number of rotatable bonds is 6. The maximum absolute atomic E-state index is 11.5. The van der Waals surface area contributed by atoms with E-state index in [1.54, 1.807) is 0 Å². The van der Waals surface area contributed by atoms with E-state index >= 15 is 0 Å². The van der Waals surface area contributed by atoms with Crippen LogP contribution in [0.4, 0.5) is 4.39 Å². The molecule has 0 amide bonds. The summed E-state index contributed by atoms with van der Waals surface area (Å²) in [6, 6.07) is 0. The molecular weight excluding hydrogens is 232 g/mol. The molecule has 0 aromatic heterocycles. The lowest BCUT2D eigenvalue weighted by molar-refractivity contribution is 0.460. The molecule has 0 radical (unpaired) electrons. The molecule has 0 saturated heterocycles. The average molecular weight is 245 g/mol. The number of hydrogen-bond donors (Lipinski definition) is 1. The predicted octanol–water partition coefficient (Wildman–Crippen LogP) is 1.76. The van der Waals surface area contributed by atoms with Crippen LogP contribution in [0.25, 0.3) is 0 Å². The smallest absolute Gasteiger partial charge is 0.0906 e. The molecule has 0 unspecified atom stereocenters. The van der Waals surface area contributed by atoms with Gasteiger partial charge in [-0.2, -0.15) is 0 Å². The molecule has 0 bridgehead atoms. The van der Waals surface area contributed by atoms with Crippen molar-refractivity contribution in [2.75, 3.05) is 24.2 Å². The topological polar surface area (TPSA) is 12.0 Å². The molecule has 3 heteroatoms. The molecule has 0 aromatic rings. The van der Waals surface area contributed by atoms with E-state index < -0.39 is 0 Å². The quantitative estimate of drug-likeness (QED) is 0.427. The van der Waals surface area contributed by atoms with E-state index in [4.69, 9.17) is 0 Å². The molecule has 0 heterocycles. The molecular formula is C6H13FIN. The zero-order valence-corrected chi connectivity index (χ0v) is 7.66. The van der Waals surface area contributed by atoms with Gasteiger partial charge in [-0.1, -0.05) is 22.6 Å². The second-order valence-electron chi connectivity index (χ2n) is 1.84. The van der Waals surface area contributed by atoms with Gasteiger partial charge in [0.1, 0.15) is 0 Å². The SMILES string of the molecule is FCCCNCCCI. The van der Waals surface area contributed by atoms with Crippen molar-refractivity contribution in [3.8, 4) is 0 Å². The molecule has 9 heavy (non-hydrogen) atoms. The van der Waals surface area contributed by atoms with Gasteiger partial charge < -0.3 is 5.32 Å². The normalized spacial score (nSPS) is 10.0. The zero-order chi connectivity index (χ0) is 6.95. The largest absolute Gasteiger partial charge is 0.317 e. The van der Waals surface area contributed by atoms with Gasteiger partial charge >= 0.3 is 0 Å². The molecule has 1 nitrogen and oxygen atoms in total. The van der Waals surface area contributed by atoms with Crippen molar-refractivity contribution in [2.24, 2.45) is 0 Å². The molecule has 0 saturated carbocycles. The standard InChI is InChI=1S/C6H13FIN/c7-3-1-5-9-6-2-4-8/h9H,1-6H2. The predicted molar refractivity (Wildman–Crippen MR) is 47.0 cm³/mol. The van der Waals surface area contributed by atoms with Crippen LogP contribution in [-0.4, -0.2) is 24.2 Å². The molecule has 0 fully saturated rings. The van der Waals surface area contributed by atoms with Gasteiger partial charge in [0.15, 0.2) is 0 Å². The van der Waals surface area contributed by atoms with Gasteiger partial charge in [-0.25, -0.2) is 0 Å². The molecule has 0 atom stereocenters. The number of hydrogen-bond acceptors (Lipinski definition) is 1. The number of nitrogens with one attached hydrogen (secondary N) is 1. The van der Waals surface area contributed by atoms with E-state index in [2.05, 4.69) is 27.9 Å². The third-order valence-electron chi connectivity index (χ3n) is 0.974. The molecule has 0 aliphatic heterocycles. The van der Waals surface area contributed by atoms with E-state index in [9.17, 15) is 4.39 Å². The Hall–Kier alpha value is 0.620. The molecule has 0 aromatic carbocycles. The Bertz CT molecular complexity index is 46.3. The number of alkyl halides is 2. The minimum Gasteiger partial charge on any atom is -0.317 e. The molecule has 1 N–H and O–H groups in total. The Morgan fingerprint density at radius 1 is 1.22 bits per heavy atom. The lowest BCUT2D eigenvalue weighted by Crippen LogP contribution is -2.17. The summed E-state index contributed by atoms with van der Waals surface area (Å²) in [5.74, 6) is 0. The van der Waals surface area contributed by atoms with Crippen LogP contribution >= 0.6 is 22.6 Å². The van der Waals surface area contributed by atoms with Gasteiger partial charge in [0.25, 0.3) is 0 Å². The highest BCUT2D eigenvalue weighted by Gasteiger charge is 1.85. The van der Waals surface area contributed by atoms with E-state index in [1.807, 2.05) is 0 Å². The van der Waals surface area contributed by atoms with Crippen LogP contribution in [0.5, 0.6) is 0 Å². The van der Waals surface area contributed by atoms with Crippen molar-refractivity contribution in [1.29, 1.82) is 0 Å². The first-order chi connectivity index (χ1) is 4.41. The van der Waals surface area contributed by atoms with Crippen LogP contribution in [0.1, 0.15) is 12.8 Å². The summed E-state index contributed by atoms with van der Waals surface area (Å²) in [4.78, 5) is 0. The third-order valence-corrected chi connectivity index (χ3v) is 1.74. The van der Waals surface area contributed by atoms with Gasteiger partial charge in [-0.05, 0) is 25.9 Å². The maximum atomic E-state index is 11.5. The van der Waals surface area contributed by atoms with Crippen LogP contribution in [0.3, 0.4) is 0 Å². The molecule has 0 rings (SSSR count). The van der Waals surface area contributed by atoms with Gasteiger partial charge in [0.2, 0.25) is 0 Å². The van der Waals surface area contributed by atoms with Gasteiger partial charge in [-0.15, -0.1) is 0 Å². The van der Waals surface area contributed by atoms with E-state index in [1.165, 1.54) is 10.8 Å². The summed E-state index contributed by atoms with van der Waals surface area (Å²) in [5, 5.41) is 3.14. The molecule has 0 spiro atoms. The summed E-state index contributed by atoms with van der Waals surface area (Å²) in [5.41, 5.74) is 0. The summed E-state index contributed by atoms with van der Waals surface area (Å²) < 4.78 is 12.6. The summed E-state index contributed by atoms with van der Waals surface area (Å²) in [7, 11) is 0. The van der Waals surface area contributed by atoms with Gasteiger partial charge in [0.05, 0.1) is 6.67 Å². The lowest BCUT2D eigenvalue weighted by Gasteiger charge is -1.98. The Morgan fingerprint density at radius 2 is 1.89 bits per heavy atom. The van der Waals surface area contributed by atoms with Gasteiger partial charge in [0, 0.05) is 4.43 Å². The molecule has 56 valence electrons. The Morgan fingerprint density at radius 3 is 2.44 bits per heavy atom. The zero-order valence-electron chi connectivity index (χ0n) is 5.50. The Labute approximate surface area is 69.5 Å². The van der Waals surface area contributed by atoms with E-state index in [0.29, 0.717) is 6.42 Å². The Kier molecular flexibility index (Phi) is 9.21. The monoisotopic (exact) mass is 245 g/mol. The van der Waals surface area contributed by atoms with Crippen LogP contribution in [0.2, 0.25) is 0 Å². The minimum atomic E-state index is -0.197. The van der Waals surface area contributed by atoms with Crippen molar-refractivity contribution in [1.82, 2.24) is 5.32 Å².